The molecule has 2 nitrogen and oxygen atoms in total. The van der Waals surface area contributed by atoms with E-state index in [1.807, 2.05) is 36.6 Å². The molecular weight excluding hydrogens is 210 g/mol. The van der Waals surface area contributed by atoms with Gasteiger partial charge in [0.15, 0.2) is 0 Å². The summed E-state index contributed by atoms with van der Waals surface area (Å²) in [4.78, 5) is 10.8. The van der Waals surface area contributed by atoms with Gasteiger partial charge in [-0.25, -0.2) is 0 Å². The average molecular weight is 224 g/mol. The fraction of sp³-hybridized carbons (Fsp3) is 0.133. The van der Waals surface area contributed by atoms with Crippen molar-refractivity contribution in [3.05, 3.63) is 59.2 Å². The first-order valence-corrected chi connectivity index (χ1v) is 5.53. The summed E-state index contributed by atoms with van der Waals surface area (Å²) >= 11 is 0. The molecule has 0 heterocycles. The van der Waals surface area contributed by atoms with Crippen LogP contribution in [-0.2, 0) is 4.79 Å². The summed E-state index contributed by atoms with van der Waals surface area (Å²) in [7, 11) is 0. The minimum absolute atomic E-state index is 0.549. The van der Waals surface area contributed by atoms with Crippen molar-refractivity contribution in [3.8, 4) is 0 Å². The highest BCUT2D eigenvalue weighted by atomic mass is 16.1. The SMILES string of the molecule is Cc1cccc(Nc2ccccc2[C]=O)c1C. The van der Waals surface area contributed by atoms with Crippen molar-refractivity contribution in [1.82, 2.24) is 0 Å². The molecule has 0 aromatic heterocycles. The second kappa shape index (κ2) is 4.83. The lowest BCUT2D eigenvalue weighted by molar-refractivity contribution is 0.563. The number of para-hydroxylation sites is 1. The lowest BCUT2D eigenvalue weighted by atomic mass is 10.1. The van der Waals surface area contributed by atoms with E-state index in [1.54, 1.807) is 6.07 Å². The van der Waals surface area contributed by atoms with Crippen LogP contribution in [0.15, 0.2) is 42.5 Å². The number of nitrogens with one attached hydrogen (secondary N) is 1. The minimum Gasteiger partial charge on any atom is -0.355 e. The van der Waals surface area contributed by atoms with Gasteiger partial charge in [-0.2, -0.15) is 0 Å². The molecule has 2 rings (SSSR count). The van der Waals surface area contributed by atoms with Crippen molar-refractivity contribution in [2.45, 2.75) is 13.8 Å². The molecule has 0 fully saturated rings. The van der Waals surface area contributed by atoms with Crippen molar-refractivity contribution < 1.29 is 4.79 Å². The van der Waals surface area contributed by atoms with Crippen LogP contribution in [-0.4, -0.2) is 6.29 Å². The summed E-state index contributed by atoms with van der Waals surface area (Å²) in [5.41, 5.74) is 4.77. The van der Waals surface area contributed by atoms with Crippen LogP contribution in [0.1, 0.15) is 16.7 Å². The van der Waals surface area contributed by atoms with Gasteiger partial charge < -0.3 is 5.32 Å². The molecule has 0 bridgehead atoms. The van der Waals surface area contributed by atoms with Gasteiger partial charge in [-0.3, -0.25) is 4.79 Å². The monoisotopic (exact) mass is 224 g/mol. The first-order valence-electron chi connectivity index (χ1n) is 5.53. The molecule has 0 unspecified atom stereocenters. The molecule has 0 atom stereocenters. The molecule has 85 valence electrons. The summed E-state index contributed by atoms with van der Waals surface area (Å²) in [5.74, 6) is 0. The highest BCUT2D eigenvalue weighted by Crippen LogP contribution is 2.24. The maximum absolute atomic E-state index is 10.8. The lowest BCUT2D eigenvalue weighted by Gasteiger charge is -2.12. The van der Waals surface area contributed by atoms with Crippen LogP contribution in [0.3, 0.4) is 0 Å². The van der Waals surface area contributed by atoms with Crippen LogP contribution in [0.2, 0.25) is 0 Å². The van der Waals surface area contributed by atoms with E-state index >= 15 is 0 Å². The predicted molar refractivity (Wildman–Crippen MR) is 70.4 cm³/mol. The van der Waals surface area contributed by atoms with Gasteiger partial charge in [-0.05, 0) is 43.2 Å². The lowest BCUT2D eigenvalue weighted by Crippen LogP contribution is -1.97. The van der Waals surface area contributed by atoms with Gasteiger partial charge in [0.25, 0.3) is 0 Å². The van der Waals surface area contributed by atoms with E-state index in [9.17, 15) is 4.79 Å². The van der Waals surface area contributed by atoms with Gasteiger partial charge in [0.1, 0.15) is 0 Å². The van der Waals surface area contributed by atoms with Crippen LogP contribution < -0.4 is 5.32 Å². The zero-order valence-electron chi connectivity index (χ0n) is 9.95. The molecule has 17 heavy (non-hydrogen) atoms. The second-order valence-electron chi connectivity index (χ2n) is 4.02. The van der Waals surface area contributed by atoms with Crippen LogP contribution >= 0.6 is 0 Å². The van der Waals surface area contributed by atoms with Gasteiger partial charge in [0.2, 0.25) is 6.29 Å². The third-order valence-corrected chi connectivity index (χ3v) is 2.91. The highest BCUT2D eigenvalue weighted by Gasteiger charge is 2.04. The van der Waals surface area contributed by atoms with Crippen molar-refractivity contribution in [2.24, 2.45) is 0 Å². The number of anilines is 2. The standard InChI is InChI=1S/C15H14NO/c1-11-6-5-9-14(12(11)2)16-15-8-4-3-7-13(15)10-17/h3-9,16H,1-2H3. The van der Waals surface area contributed by atoms with Crippen LogP contribution in [0.25, 0.3) is 0 Å². The Bertz CT molecular complexity index is 546. The molecule has 2 aromatic rings. The molecule has 0 saturated carbocycles. The molecule has 0 aliphatic heterocycles. The average Bonchev–Trinajstić information content (AvgIpc) is 2.35. The molecule has 2 heteroatoms. The Morgan fingerprint density at radius 2 is 1.65 bits per heavy atom. The molecule has 0 amide bonds. The van der Waals surface area contributed by atoms with Gasteiger partial charge >= 0.3 is 0 Å². The maximum atomic E-state index is 10.8. The summed E-state index contributed by atoms with van der Waals surface area (Å²) < 4.78 is 0. The first kappa shape index (κ1) is 11.4. The Balaban J connectivity index is 2.38. The van der Waals surface area contributed by atoms with E-state index in [-0.39, 0.29) is 0 Å². The number of rotatable bonds is 3. The largest absolute Gasteiger partial charge is 0.355 e. The van der Waals surface area contributed by atoms with E-state index in [1.165, 1.54) is 11.1 Å². The topological polar surface area (TPSA) is 29.1 Å². The number of carbonyl (C=O) groups excluding carboxylic acids is 1. The molecule has 0 spiro atoms. The van der Waals surface area contributed by atoms with Crippen LogP contribution in [0.4, 0.5) is 11.4 Å². The highest BCUT2D eigenvalue weighted by molar-refractivity contribution is 5.86. The number of hydrogen-bond donors (Lipinski definition) is 1. The van der Waals surface area contributed by atoms with Crippen molar-refractivity contribution >= 4 is 17.7 Å². The Kier molecular flexibility index (Phi) is 3.24. The summed E-state index contributed by atoms with van der Waals surface area (Å²) in [5, 5.41) is 3.27. The van der Waals surface area contributed by atoms with Crippen LogP contribution in [0.5, 0.6) is 0 Å². The van der Waals surface area contributed by atoms with E-state index in [4.69, 9.17) is 0 Å². The van der Waals surface area contributed by atoms with Gasteiger partial charge in [-0.15, -0.1) is 0 Å². The van der Waals surface area contributed by atoms with Gasteiger partial charge in [0, 0.05) is 16.9 Å². The number of aryl methyl sites for hydroxylation is 1. The van der Waals surface area contributed by atoms with E-state index in [2.05, 4.69) is 25.2 Å². The van der Waals surface area contributed by atoms with Crippen molar-refractivity contribution in [2.75, 3.05) is 5.32 Å². The van der Waals surface area contributed by atoms with Crippen molar-refractivity contribution in [1.29, 1.82) is 0 Å². The smallest absolute Gasteiger partial charge is 0.235 e. The van der Waals surface area contributed by atoms with Crippen LogP contribution in [0, 0.1) is 13.8 Å². The fourth-order valence-electron chi connectivity index (χ4n) is 1.71. The Hall–Kier alpha value is -2.09. The molecular formula is C15H14NO. The van der Waals surface area contributed by atoms with E-state index < -0.39 is 0 Å². The summed E-state index contributed by atoms with van der Waals surface area (Å²) in [6.45, 7) is 4.13. The summed E-state index contributed by atoms with van der Waals surface area (Å²) in [6.07, 6.45) is 1.94. The molecule has 0 aliphatic carbocycles. The third kappa shape index (κ3) is 2.36. The molecule has 0 saturated heterocycles. The molecule has 2 aromatic carbocycles. The fourth-order valence-corrected chi connectivity index (χ4v) is 1.71. The maximum Gasteiger partial charge on any atom is 0.235 e. The molecule has 1 N–H and O–H groups in total. The molecule has 0 aliphatic rings. The summed E-state index contributed by atoms with van der Waals surface area (Å²) in [6, 6.07) is 13.4. The number of hydrogen-bond acceptors (Lipinski definition) is 2. The predicted octanol–water partition coefficient (Wildman–Crippen LogP) is 3.50. The van der Waals surface area contributed by atoms with Gasteiger partial charge in [0.05, 0.1) is 0 Å². The Morgan fingerprint density at radius 3 is 2.41 bits per heavy atom. The zero-order chi connectivity index (χ0) is 12.3. The zero-order valence-corrected chi connectivity index (χ0v) is 9.95. The quantitative estimate of drug-likeness (QED) is 0.864. The number of benzene rings is 2. The first-order chi connectivity index (χ1) is 8.22. The molecule has 1 radical (unpaired) electrons. The second-order valence-corrected chi connectivity index (χ2v) is 4.02. The van der Waals surface area contributed by atoms with Gasteiger partial charge in [-0.1, -0.05) is 24.3 Å². The Morgan fingerprint density at radius 1 is 0.941 bits per heavy atom. The normalized spacial score (nSPS) is 10.0. The van der Waals surface area contributed by atoms with Crippen molar-refractivity contribution in [3.63, 3.8) is 0 Å². The third-order valence-electron chi connectivity index (χ3n) is 2.91. The Labute approximate surface area is 101 Å². The van der Waals surface area contributed by atoms with E-state index in [0.717, 1.165) is 11.4 Å². The van der Waals surface area contributed by atoms with E-state index in [0.29, 0.717) is 5.56 Å². The minimum atomic E-state index is 0.549.